The molecular formula is C24H43FN5+. The van der Waals surface area contributed by atoms with Crippen LogP contribution in [-0.4, -0.2) is 48.5 Å². The van der Waals surface area contributed by atoms with Crippen LogP contribution >= 0.6 is 0 Å². The number of alkyl halides is 1. The lowest BCUT2D eigenvalue weighted by atomic mass is 9.77. The molecule has 0 radical (unpaired) electrons. The van der Waals surface area contributed by atoms with E-state index in [1.165, 1.54) is 24.8 Å². The molecule has 0 amide bonds. The van der Waals surface area contributed by atoms with Crippen LogP contribution in [0.1, 0.15) is 64.9 Å². The van der Waals surface area contributed by atoms with Crippen LogP contribution in [0, 0.1) is 5.92 Å². The second-order valence-corrected chi connectivity index (χ2v) is 10.1. The smallest absolute Gasteiger partial charge is 0.203 e. The zero-order chi connectivity index (χ0) is 21.8. The van der Waals surface area contributed by atoms with E-state index in [9.17, 15) is 4.39 Å². The minimum absolute atomic E-state index is 0.0748. The summed E-state index contributed by atoms with van der Waals surface area (Å²) in [5, 5.41) is 10.8. The molecule has 5 unspecified atom stereocenters. The van der Waals surface area contributed by atoms with Crippen molar-refractivity contribution in [3.63, 3.8) is 0 Å². The van der Waals surface area contributed by atoms with Gasteiger partial charge in [-0.2, -0.15) is 0 Å². The van der Waals surface area contributed by atoms with Crippen LogP contribution in [0.5, 0.6) is 0 Å². The second-order valence-electron chi connectivity index (χ2n) is 10.1. The molecule has 1 heterocycles. The molecule has 1 aliphatic carbocycles. The fraction of sp³-hybridized carbons (Fsp3) is 0.750. The fourth-order valence-electron chi connectivity index (χ4n) is 4.73. The third kappa shape index (κ3) is 5.60. The maximum atomic E-state index is 14.9. The molecule has 170 valence electrons. The van der Waals surface area contributed by atoms with Gasteiger partial charge in [-0.25, -0.2) is 15.0 Å². The van der Waals surface area contributed by atoms with Crippen molar-refractivity contribution in [1.29, 1.82) is 0 Å². The van der Waals surface area contributed by atoms with Gasteiger partial charge in [0.1, 0.15) is 11.8 Å². The summed E-state index contributed by atoms with van der Waals surface area (Å²) in [6.07, 6.45) is 7.36. The normalized spacial score (nSPS) is 31.3. The van der Waals surface area contributed by atoms with Gasteiger partial charge < -0.3 is 0 Å². The Hall–Kier alpha value is -1.05. The highest BCUT2D eigenvalue weighted by molar-refractivity contribution is 5.15. The topological polar surface area (TPSA) is 62.1 Å². The summed E-state index contributed by atoms with van der Waals surface area (Å²) in [4.78, 5) is 0. The maximum Gasteiger partial charge on any atom is 0.203 e. The lowest BCUT2D eigenvalue weighted by molar-refractivity contribution is -0.972. The number of quaternary nitrogens is 1. The molecule has 5 N–H and O–H groups in total. The van der Waals surface area contributed by atoms with Crippen LogP contribution < -0.4 is 21.7 Å². The van der Waals surface area contributed by atoms with Gasteiger partial charge in [0, 0.05) is 6.04 Å². The van der Waals surface area contributed by atoms with Crippen molar-refractivity contribution < 1.29 is 8.87 Å². The zero-order valence-corrected chi connectivity index (χ0v) is 19.3. The van der Waals surface area contributed by atoms with E-state index in [0.717, 1.165) is 32.2 Å². The SMILES string of the molecule is CCCC[N+]1(C)C(N)NC(C(C)(C)F)NC1NC(CCc1ccccc1)C1CCC1. The number of nitrogens with two attached hydrogens (primary N) is 1. The number of halogens is 1. The predicted molar refractivity (Wildman–Crippen MR) is 122 cm³/mol. The van der Waals surface area contributed by atoms with E-state index in [1.54, 1.807) is 13.8 Å². The molecule has 0 spiro atoms. The van der Waals surface area contributed by atoms with Gasteiger partial charge in [-0.1, -0.05) is 50.1 Å². The van der Waals surface area contributed by atoms with Crippen LogP contribution in [0.2, 0.25) is 0 Å². The van der Waals surface area contributed by atoms with Crippen molar-refractivity contribution in [2.75, 3.05) is 13.6 Å². The lowest BCUT2D eigenvalue weighted by Crippen LogP contribution is -2.85. The minimum atomic E-state index is -1.40. The van der Waals surface area contributed by atoms with Crippen molar-refractivity contribution in [2.24, 2.45) is 11.7 Å². The Bertz CT molecular complexity index is 645. The number of nitrogens with one attached hydrogen (secondary N) is 3. The van der Waals surface area contributed by atoms with Crippen LogP contribution in [0.15, 0.2) is 30.3 Å². The van der Waals surface area contributed by atoms with E-state index in [0.29, 0.717) is 16.4 Å². The molecule has 5 atom stereocenters. The first kappa shape index (κ1) is 23.6. The molecule has 1 saturated carbocycles. The van der Waals surface area contributed by atoms with Crippen molar-refractivity contribution in [3.8, 4) is 0 Å². The van der Waals surface area contributed by atoms with E-state index in [4.69, 9.17) is 5.73 Å². The predicted octanol–water partition coefficient (Wildman–Crippen LogP) is 3.42. The Morgan fingerprint density at radius 2 is 1.93 bits per heavy atom. The standard InChI is InChI=1S/C24H43FN5/c1-5-6-17-30(4)22(26)28-21(24(2,3)25)29-23(30)27-20(19-13-10-14-19)16-15-18-11-8-7-9-12-18/h7-9,11-12,19-23,27-29H,5-6,10,13-17,26H2,1-4H3/q+1. The zero-order valence-electron chi connectivity index (χ0n) is 19.3. The first-order valence-electron chi connectivity index (χ1n) is 11.9. The number of benzene rings is 1. The number of hydrogen-bond acceptors (Lipinski definition) is 4. The molecule has 1 aromatic carbocycles. The van der Waals surface area contributed by atoms with Crippen molar-refractivity contribution in [3.05, 3.63) is 35.9 Å². The Morgan fingerprint density at radius 1 is 1.23 bits per heavy atom. The first-order chi connectivity index (χ1) is 14.2. The summed E-state index contributed by atoms with van der Waals surface area (Å²) in [6.45, 7) is 6.38. The van der Waals surface area contributed by atoms with Crippen LogP contribution in [0.25, 0.3) is 0 Å². The largest absolute Gasteiger partial charge is 0.270 e. The average molecular weight is 421 g/mol. The lowest BCUT2D eigenvalue weighted by Gasteiger charge is -2.54. The maximum absolute atomic E-state index is 14.9. The number of nitrogens with zero attached hydrogens (tertiary/aromatic N) is 1. The summed E-state index contributed by atoms with van der Waals surface area (Å²) in [5.41, 5.74) is 6.59. The Kier molecular flexibility index (Phi) is 7.91. The van der Waals surface area contributed by atoms with E-state index >= 15 is 0 Å². The van der Waals surface area contributed by atoms with Crippen LogP contribution in [0.3, 0.4) is 0 Å². The molecule has 5 nitrogen and oxygen atoms in total. The van der Waals surface area contributed by atoms with Crippen molar-refractivity contribution >= 4 is 0 Å². The Labute approximate surface area is 182 Å². The number of unbranched alkanes of at least 4 members (excludes halogenated alkanes) is 1. The Morgan fingerprint density at radius 3 is 2.50 bits per heavy atom. The van der Waals surface area contributed by atoms with Gasteiger partial charge in [0.2, 0.25) is 12.6 Å². The summed E-state index contributed by atoms with van der Waals surface area (Å²) in [5.74, 6) is 0.693. The summed E-state index contributed by atoms with van der Waals surface area (Å²) >= 11 is 0. The number of hydrogen-bond donors (Lipinski definition) is 4. The number of aryl methyl sites for hydroxylation is 1. The molecule has 0 aromatic heterocycles. The second kappa shape index (κ2) is 10.0. The highest BCUT2D eigenvalue weighted by Gasteiger charge is 2.49. The molecule has 30 heavy (non-hydrogen) atoms. The molecule has 1 aliphatic heterocycles. The van der Waals surface area contributed by atoms with Gasteiger partial charge in [0.15, 0.2) is 0 Å². The highest BCUT2D eigenvalue weighted by Crippen LogP contribution is 2.33. The van der Waals surface area contributed by atoms with Crippen LogP contribution in [0.4, 0.5) is 4.39 Å². The monoisotopic (exact) mass is 420 g/mol. The van der Waals surface area contributed by atoms with Crippen molar-refractivity contribution in [1.82, 2.24) is 16.0 Å². The average Bonchev–Trinajstić information content (AvgIpc) is 2.66. The van der Waals surface area contributed by atoms with Gasteiger partial charge in [0.05, 0.1) is 13.6 Å². The van der Waals surface area contributed by atoms with E-state index in [-0.39, 0.29) is 12.6 Å². The van der Waals surface area contributed by atoms with Gasteiger partial charge in [0.25, 0.3) is 0 Å². The molecule has 6 heteroatoms. The van der Waals surface area contributed by atoms with Crippen molar-refractivity contribution in [2.45, 2.75) is 96.2 Å². The summed E-state index contributed by atoms with van der Waals surface area (Å²) in [6, 6.07) is 11.1. The van der Waals surface area contributed by atoms with Crippen LogP contribution in [-0.2, 0) is 6.42 Å². The number of rotatable bonds is 10. The first-order valence-corrected chi connectivity index (χ1v) is 11.9. The van der Waals surface area contributed by atoms with Gasteiger partial charge >= 0.3 is 0 Å². The van der Waals surface area contributed by atoms with E-state index < -0.39 is 11.8 Å². The molecule has 3 rings (SSSR count). The molecule has 1 saturated heterocycles. The molecule has 1 aromatic rings. The highest BCUT2D eigenvalue weighted by atomic mass is 19.1. The van der Waals surface area contributed by atoms with E-state index in [1.807, 2.05) is 0 Å². The minimum Gasteiger partial charge on any atom is -0.270 e. The quantitative estimate of drug-likeness (QED) is 0.438. The fourth-order valence-corrected chi connectivity index (χ4v) is 4.73. The summed E-state index contributed by atoms with van der Waals surface area (Å²) in [7, 11) is 2.19. The van der Waals surface area contributed by atoms with E-state index in [2.05, 4.69) is 60.3 Å². The molecular weight excluding hydrogens is 377 g/mol. The van der Waals surface area contributed by atoms with Gasteiger partial charge in [-0.3, -0.25) is 15.5 Å². The third-order valence-electron chi connectivity index (χ3n) is 7.24. The molecule has 0 bridgehead atoms. The summed E-state index contributed by atoms with van der Waals surface area (Å²) < 4.78 is 15.5. The van der Waals surface area contributed by atoms with Gasteiger partial charge in [-0.15, -0.1) is 0 Å². The molecule has 2 aliphatic rings. The third-order valence-corrected chi connectivity index (χ3v) is 7.24. The Balaban J connectivity index is 1.76. The van der Waals surface area contributed by atoms with Gasteiger partial charge in [-0.05, 0) is 57.4 Å². The molecule has 2 fully saturated rings.